The second-order valence-electron chi connectivity index (χ2n) is 3.31. The Hall–Kier alpha value is -1.03. The Morgan fingerprint density at radius 1 is 1.33 bits per heavy atom. The minimum Gasteiger partial charge on any atom is -0.496 e. The summed E-state index contributed by atoms with van der Waals surface area (Å²) in [5, 5.41) is 0. The fourth-order valence-corrected chi connectivity index (χ4v) is 1.64. The molecule has 0 spiro atoms. The highest BCUT2D eigenvalue weighted by atomic mass is 79.9. The molecule has 0 N–H and O–H groups in total. The lowest BCUT2D eigenvalue weighted by atomic mass is 10.2. The molecule has 1 aromatic carbocycles. The lowest BCUT2D eigenvalue weighted by Gasteiger charge is -2.13. The van der Waals surface area contributed by atoms with Gasteiger partial charge in [0.1, 0.15) is 11.5 Å². The van der Waals surface area contributed by atoms with Gasteiger partial charge in [0.05, 0.1) is 23.2 Å². The van der Waals surface area contributed by atoms with Gasteiger partial charge in [-0.2, -0.15) is 0 Å². The van der Waals surface area contributed by atoms with Gasteiger partial charge in [0.25, 0.3) is 0 Å². The minimum absolute atomic E-state index is 0.0315. The van der Waals surface area contributed by atoms with E-state index in [1.807, 2.05) is 13.8 Å². The van der Waals surface area contributed by atoms with E-state index in [-0.39, 0.29) is 6.10 Å². The second-order valence-corrected chi connectivity index (χ2v) is 4.16. The highest BCUT2D eigenvalue weighted by Gasteiger charge is 2.10. The predicted molar refractivity (Wildman–Crippen MR) is 61.8 cm³/mol. The van der Waals surface area contributed by atoms with Crippen LogP contribution in [0.5, 0.6) is 11.5 Å². The maximum Gasteiger partial charge on any atom is 0.153 e. The molecule has 0 aliphatic heterocycles. The number of rotatable bonds is 4. The highest BCUT2D eigenvalue weighted by molar-refractivity contribution is 9.10. The van der Waals surface area contributed by atoms with Gasteiger partial charge in [-0.25, -0.2) is 0 Å². The topological polar surface area (TPSA) is 35.5 Å². The van der Waals surface area contributed by atoms with Crippen molar-refractivity contribution in [3.63, 3.8) is 0 Å². The molecule has 0 heterocycles. The number of methoxy groups -OCH3 is 1. The molecule has 4 heteroatoms. The van der Waals surface area contributed by atoms with Crippen molar-refractivity contribution in [1.82, 2.24) is 0 Å². The maximum atomic E-state index is 10.8. The number of halogens is 1. The molecule has 0 fully saturated rings. The number of ether oxygens (including phenoxy) is 2. The number of carbonyl (C=O) groups is 1. The first-order chi connectivity index (χ1) is 7.08. The summed E-state index contributed by atoms with van der Waals surface area (Å²) in [6.45, 7) is 3.82. The quantitative estimate of drug-likeness (QED) is 0.791. The molecule has 82 valence electrons. The van der Waals surface area contributed by atoms with Crippen molar-refractivity contribution < 1.29 is 14.3 Å². The molecule has 0 atom stereocenters. The first kappa shape index (κ1) is 12.0. The summed E-state index contributed by atoms with van der Waals surface area (Å²) >= 11 is 3.34. The number of hydrogen-bond donors (Lipinski definition) is 0. The molecule has 1 aromatic rings. The van der Waals surface area contributed by atoms with Crippen molar-refractivity contribution in [1.29, 1.82) is 0 Å². The number of carbonyl (C=O) groups excluding carboxylic acids is 1. The molecule has 0 aliphatic rings. The van der Waals surface area contributed by atoms with Crippen molar-refractivity contribution in [2.45, 2.75) is 20.0 Å². The first-order valence-corrected chi connectivity index (χ1v) is 5.37. The summed E-state index contributed by atoms with van der Waals surface area (Å²) in [6, 6.07) is 3.39. The molecule has 0 unspecified atom stereocenters. The van der Waals surface area contributed by atoms with Crippen molar-refractivity contribution in [2.75, 3.05) is 7.11 Å². The Labute approximate surface area is 97.5 Å². The van der Waals surface area contributed by atoms with Gasteiger partial charge in [-0.15, -0.1) is 0 Å². The van der Waals surface area contributed by atoms with E-state index in [1.165, 1.54) is 0 Å². The van der Waals surface area contributed by atoms with Crippen molar-refractivity contribution in [3.8, 4) is 11.5 Å². The summed E-state index contributed by atoms with van der Waals surface area (Å²) < 4.78 is 11.4. The zero-order valence-electron chi connectivity index (χ0n) is 8.91. The molecule has 0 saturated carbocycles. The van der Waals surface area contributed by atoms with Crippen LogP contribution in [0, 0.1) is 0 Å². The van der Waals surface area contributed by atoms with Crippen LogP contribution in [0.3, 0.4) is 0 Å². The highest BCUT2D eigenvalue weighted by Crippen LogP contribution is 2.32. The van der Waals surface area contributed by atoms with Crippen LogP contribution in [0.15, 0.2) is 16.6 Å². The summed E-state index contributed by atoms with van der Waals surface area (Å²) in [5.41, 5.74) is 0.490. The summed E-state index contributed by atoms with van der Waals surface area (Å²) in [6.07, 6.45) is 0.788. The van der Waals surface area contributed by atoms with E-state index in [0.717, 1.165) is 10.8 Å². The molecule has 0 saturated heterocycles. The zero-order chi connectivity index (χ0) is 11.4. The van der Waals surface area contributed by atoms with Crippen LogP contribution in [0.2, 0.25) is 0 Å². The van der Waals surface area contributed by atoms with E-state index in [0.29, 0.717) is 17.1 Å². The van der Waals surface area contributed by atoms with Gasteiger partial charge in [-0.3, -0.25) is 4.79 Å². The Morgan fingerprint density at radius 2 is 2.00 bits per heavy atom. The molecule has 1 rings (SSSR count). The molecule has 15 heavy (non-hydrogen) atoms. The van der Waals surface area contributed by atoms with E-state index in [2.05, 4.69) is 15.9 Å². The molecule has 0 radical (unpaired) electrons. The van der Waals surface area contributed by atoms with Crippen LogP contribution < -0.4 is 9.47 Å². The average molecular weight is 273 g/mol. The SMILES string of the molecule is COc1cc(C=O)c(OC(C)C)cc1Br. The molecule has 0 aromatic heterocycles. The maximum absolute atomic E-state index is 10.8. The Bertz CT molecular complexity index is 361. The first-order valence-electron chi connectivity index (χ1n) is 4.57. The Balaban J connectivity index is 3.15. The van der Waals surface area contributed by atoms with Gasteiger partial charge in [0.15, 0.2) is 6.29 Å². The predicted octanol–water partition coefficient (Wildman–Crippen LogP) is 3.06. The molecule has 3 nitrogen and oxygen atoms in total. The van der Waals surface area contributed by atoms with Gasteiger partial charge in [-0.05, 0) is 41.9 Å². The third-order valence-corrected chi connectivity index (χ3v) is 2.39. The number of aldehydes is 1. The van der Waals surface area contributed by atoms with Gasteiger partial charge in [0.2, 0.25) is 0 Å². The van der Waals surface area contributed by atoms with Crippen molar-refractivity contribution >= 4 is 22.2 Å². The van der Waals surface area contributed by atoms with Gasteiger partial charge >= 0.3 is 0 Å². The van der Waals surface area contributed by atoms with Gasteiger partial charge in [-0.1, -0.05) is 0 Å². The lowest BCUT2D eigenvalue weighted by molar-refractivity contribution is 0.111. The summed E-state index contributed by atoms with van der Waals surface area (Å²) in [5.74, 6) is 1.18. The average Bonchev–Trinajstić information content (AvgIpc) is 2.17. The third kappa shape index (κ3) is 2.96. The second kappa shape index (κ2) is 5.16. The van der Waals surface area contributed by atoms with E-state index in [4.69, 9.17) is 9.47 Å². The van der Waals surface area contributed by atoms with Crippen molar-refractivity contribution in [2.24, 2.45) is 0 Å². The van der Waals surface area contributed by atoms with Crippen LogP contribution in [0.25, 0.3) is 0 Å². The van der Waals surface area contributed by atoms with E-state index in [9.17, 15) is 4.79 Å². The molecular formula is C11H13BrO3. The largest absolute Gasteiger partial charge is 0.496 e. The van der Waals surface area contributed by atoms with E-state index in [1.54, 1.807) is 19.2 Å². The number of hydrogen-bond acceptors (Lipinski definition) is 3. The summed E-state index contributed by atoms with van der Waals surface area (Å²) in [4.78, 5) is 10.8. The normalized spacial score (nSPS) is 10.2. The number of benzene rings is 1. The monoisotopic (exact) mass is 272 g/mol. The van der Waals surface area contributed by atoms with Crippen LogP contribution in [-0.4, -0.2) is 19.5 Å². The minimum atomic E-state index is 0.0315. The zero-order valence-corrected chi connectivity index (χ0v) is 10.5. The lowest BCUT2D eigenvalue weighted by Crippen LogP contribution is -2.07. The Kier molecular flexibility index (Phi) is 4.15. The third-order valence-electron chi connectivity index (χ3n) is 1.77. The standard InChI is InChI=1S/C11H13BrO3/c1-7(2)15-10-5-9(12)11(14-3)4-8(10)6-13/h4-7H,1-3H3. The fourth-order valence-electron chi connectivity index (χ4n) is 1.16. The van der Waals surface area contributed by atoms with Crippen LogP contribution in [0.4, 0.5) is 0 Å². The molecule has 0 bridgehead atoms. The van der Waals surface area contributed by atoms with E-state index >= 15 is 0 Å². The van der Waals surface area contributed by atoms with E-state index < -0.39 is 0 Å². The van der Waals surface area contributed by atoms with Crippen LogP contribution >= 0.6 is 15.9 Å². The van der Waals surface area contributed by atoms with Crippen LogP contribution in [-0.2, 0) is 0 Å². The smallest absolute Gasteiger partial charge is 0.153 e. The van der Waals surface area contributed by atoms with Crippen LogP contribution in [0.1, 0.15) is 24.2 Å². The molecular weight excluding hydrogens is 260 g/mol. The van der Waals surface area contributed by atoms with Gasteiger partial charge in [0, 0.05) is 0 Å². The van der Waals surface area contributed by atoms with Gasteiger partial charge < -0.3 is 9.47 Å². The Morgan fingerprint density at radius 3 is 2.47 bits per heavy atom. The fraction of sp³-hybridized carbons (Fsp3) is 0.364. The molecule has 0 amide bonds. The summed E-state index contributed by atoms with van der Waals surface area (Å²) in [7, 11) is 1.55. The van der Waals surface area contributed by atoms with Crippen molar-refractivity contribution in [3.05, 3.63) is 22.2 Å². The molecule has 0 aliphatic carbocycles.